The second kappa shape index (κ2) is 9.10. The molecule has 1 rings (SSSR count). The molecular weight excluding hydrogens is 246 g/mol. The molecule has 3 N–H and O–H groups in total. The number of aromatic carboxylic acids is 2. The molecule has 0 spiro atoms. The molecule has 0 bridgehead atoms. The summed E-state index contributed by atoms with van der Waals surface area (Å²) in [5, 5.41) is 20.3. The van der Waals surface area contributed by atoms with Crippen molar-refractivity contribution in [1.29, 1.82) is 0 Å². The average molecular weight is 267 g/mol. The number of carboxylic acids is 2. The standard InChI is InChI=1S/C8H6O4.C6H15N/c9-7(10)5-3-1-2-4-6(5)8(11)12;1-4-6(5-2)7-3/h1-4H,(H,9,10)(H,11,12);6-7H,4-5H2,1-3H3. The van der Waals surface area contributed by atoms with Crippen LogP contribution in [0.5, 0.6) is 0 Å². The molecule has 0 saturated heterocycles. The van der Waals surface area contributed by atoms with Crippen LogP contribution < -0.4 is 5.32 Å². The zero-order valence-corrected chi connectivity index (χ0v) is 11.5. The molecule has 5 heteroatoms. The minimum Gasteiger partial charge on any atom is -0.478 e. The van der Waals surface area contributed by atoms with Crippen molar-refractivity contribution >= 4 is 11.9 Å². The van der Waals surface area contributed by atoms with Crippen LogP contribution in [-0.2, 0) is 0 Å². The Labute approximate surface area is 113 Å². The Morgan fingerprint density at radius 2 is 1.42 bits per heavy atom. The van der Waals surface area contributed by atoms with Gasteiger partial charge in [0.1, 0.15) is 0 Å². The third kappa shape index (κ3) is 6.01. The van der Waals surface area contributed by atoms with Gasteiger partial charge >= 0.3 is 11.9 Å². The summed E-state index contributed by atoms with van der Waals surface area (Å²) in [7, 11) is 2.01. The molecule has 0 saturated carbocycles. The fraction of sp³-hybridized carbons (Fsp3) is 0.429. The summed E-state index contributed by atoms with van der Waals surface area (Å²) in [5.41, 5.74) is -0.380. The van der Waals surface area contributed by atoms with Crippen LogP contribution >= 0.6 is 0 Å². The third-order valence-electron chi connectivity index (χ3n) is 2.78. The fourth-order valence-corrected chi connectivity index (χ4v) is 1.55. The summed E-state index contributed by atoms with van der Waals surface area (Å²) in [6, 6.07) is 6.21. The first-order valence-corrected chi connectivity index (χ1v) is 6.20. The Hall–Kier alpha value is -1.88. The zero-order valence-electron chi connectivity index (χ0n) is 11.5. The van der Waals surface area contributed by atoms with E-state index < -0.39 is 11.9 Å². The average Bonchev–Trinajstić information content (AvgIpc) is 2.41. The predicted octanol–water partition coefficient (Wildman–Crippen LogP) is 2.48. The highest BCUT2D eigenvalue weighted by molar-refractivity contribution is 6.01. The molecule has 5 nitrogen and oxygen atoms in total. The number of hydrogen-bond acceptors (Lipinski definition) is 3. The van der Waals surface area contributed by atoms with Crippen molar-refractivity contribution in [3.05, 3.63) is 35.4 Å². The highest BCUT2D eigenvalue weighted by atomic mass is 16.4. The molecule has 0 aromatic heterocycles. The van der Waals surface area contributed by atoms with Crippen molar-refractivity contribution in [2.24, 2.45) is 0 Å². The van der Waals surface area contributed by atoms with Crippen LogP contribution in [0.25, 0.3) is 0 Å². The van der Waals surface area contributed by atoms with Crippen LogP contribution in [0, 0.1) is 0 Å². The lowest BCUT2D eigenvalue weighted by Gasteiger charge is -2.08. The highest BCUT2D eigenvalue weighted by Gasteiger charge is 2.13. The molecular formula is C14H21NO4. The molecule has 106 valence electrons. The van der Waals surface area contributed by atoms with E-state index in [-0.39, 0.29) is 11.1 Å². The monoisotopic (exact) mass is 267 g/mol. The fourth-order valence-electron chi connectivity index (χ4n) is 1.55. The largest absolute Gasteiger partial charge is 0.478 e. The van der Waals surface area contributed by atoms with Crippen molar-refractivity contribution in [2.75, 3.05) is 7.05 Å². The van der Waals surface area contributed by atoms with Gasteiger partial charge in [0.05, 0.1) is 11.1 Å². The van der Waals surface area contributed by atoms with Gasteiger partial charge < -0.3 is 15.5 Å². The Morgan fingerprint density at radius 1 is 1.05 bits per heavy atom. The van der Waals surface area contributed by atoms with Crippen molar-refractivity contribution in [3.63, 3.8) is 0 Å². The third-order valence-corrected chi connectivity index (χ3v) is 2.78. The van der Waals surface area contributed by atoms with E-state index >= 15 is 0 Å². The number of benzene rings is 1. The highest BCUT2D eigenvalue weighted by Crippen LogP contribution is 2.07. The quantitative estimate of drug-likeness (QED) is 0.763. The lowest BCUT2D eigenvalue weighted by molar-refractivity contribution is 0.0651. The minimum absolute atomic E-state index is 0.190. The summed E-state index contributed by atoms with van der Waals surface area (Å²) in [4.78, 5) is 20.9. The van der Waals surface area contributed by atoms with Crippen LogP contribution in [0.1, 0.15) is 47.4 Å². The van der Waals surface area contributed by atoms with Crippen molar-refractivity contribution < 1.29 is 19.8 Å². The molecule has 1 aromatic rings. The minimum atomic E-state index is -1.23. The Morgan fingerprint density at radius 3 is 1.58 bits per heavy atom. The van der Waals surface area contributed by atoms with Gasteiger partial charge in [-0.3, -0.25) is 0 Å². The van der Waals surface area contributed by atoms with Crippen LogP contribution in [0.3, 0.4) is 0 Å². The second-order valence-electron chi connectivity index (χ2n) is 3.96. The second-order valence-corrected chi connectivity index (χ2v) is 3.96. The van der Waals surface area contributed by atoms with E-state index in [1.165, 1.54) is 37.1 Å². The maximum Gasteiger partial charge on any atom is 0.336 e. The first kappa shape index (κ1) is 17.1. The summed E-state index contributed by atoms with van der Waals surface area (Å²) >= 11 is 0. The van der Waals surface area contributed by atoms with Gasteiger partial charge in [0.25, 0.3) is 0 Å². The maximum absolute atomic E-state index is 10.5. The zero-order chi connectivity index (χ0) is 14.8. The molecule has 0 unspecified atom stereocenters. The van der Waals surface area contributed by atoms with E-state index in [9.17, 15) is 9.59 Å². The number of rotatable bonds is 5. The summed E-state index contributed by atoms with van der Waals surface area (Å²) in [5.74, 6) is -2.46. The first-order chi connectivity index (χ1) is 8.97. The number of carboxylic acid groups (broad SMARTS) is 2. The normalized spacial score (nSPS) is 9.68. The summed E-state index contributed by atoms with van der Waals surface area (Å²) in [6.07, 6.45) is 2.49. The van der Waals surface area contributed by atoms with E-state index in [0.29, 0.717) is 0 Å². The van der Waals surface area contributed by atoms with Gasteiger partial charge in [0.15, 0.2) is 0 Å². The Balaban J connectivity index is 0.000000399. The van der Waals surface area contributed by atoms with E-state index in [0.717, 1.165) is 6.04 Å². The van der Waals surface area contributed by atoms with E-state index in [1.54, 1.807) is 0 Å². The van der Waals surface area contributed by atoms with Gasteiger partial charge in [-0.25, -0.2) is 9.59 Å². The van der Waals surface area contributed by atoms with Crippen molar-refractivity contribution in [3.8, 4) is 0 Å². The van der Waals surface area contributed by atoms with E-state index in [1.807, 2.05) is 7.05 Å². The van der Waals surface area contributed by atoms with Crippen LogP contribution in [0.4, 0.5) is 0 Å². The van der Waals surface area contributed by atoms with Crippen molar-refractivity contribution in [2.45, 2.75) is 32.7 Å². The number of hydrogen-bond donors (Lipinski definition) is 3. The number of nitrogens with one attached hydrogen (secondary N) is 1. The first-order valence-electron chi connectivity index (χ1n) is 6.20. The Kier molecular flexibility index (Phi) is 8.20. The van der Waals surface area contributed by atoms with Gasteiger partial charge in [-0.05, 0) is 32.0 Å². The van der Waals surface area contributed by atoms with E-state index in [2.05, 4.69) is 19.2 Å². The summed E-state index contributed by atoms with van der Waals surface area (Å²) in [6.45, 7) is 4.40. The molecule has 0 atom stereocenters. The SMILES string of the molecule is CCC(CC)NC.O=C(O)c1ccccc1C(=O)O. The molecule has 0 heterocycles. The molecule has 0 radical (unpaired) electrons. The Bertz CT molecular complexity index is 375. The van der Waals surface area contributed by atoms with Crippen LogP contribution in [0.2, 0.25) is 0 Å². The van der Waals surface area contributed by atoms with Gasteiger partial charge in [-0.2, -0.15) is 0 Å². The molecule has 19 heavy (non-hydrogen) atoms. The summed E-state index contributed by atoms with van der Waals surface area (Å²) < 4.78 is 0. The lowest BCUT2D eigenvalue weighted by atomic mass is 10.1. The van der Waals surface area contributed by atoms with E-state index in [4.69, 9.17) is 10.2 Å². The molecule has 0 aliphatic carbocycles. The van der Waals surface area contributed by atoms with Crippen molar-refractivity contribution in [1.82, 2.24) is 5.32 Å². The van der Waals surface area contributed by atoms with Crippen LogP contribution in [-0.4, -0.2) is 35.2 Å². The van der Waals surface area contributed by atoms with Gasteiger partial charge in [0, 0.05) is 6.04 Å². The number of carbonyl (C=O) groups is 2. The smallest absolute Gasteiger partial charge is 0.336 e. The molecule has 0 amide bonds. The molecule has 0 fully saturated rings. The maximum atomic E-state index is 10.5. The van der Waals surface area contributed by atoms with Gasteiger partial charge in [-0.15, -0.1) is 0 Å². The topological polar surface area (TPSA) is 86.6 Å². The molecule has 0 aliphatic heterocycles. The molecule has 0 aliphatic rings. The predicted molar refractivity (Wildman–Crippen MR) is 73.8 cm³/mol. The molecule has 1 aromatic carbocycles. The van der Waals surface area contributed by atoms with Gasteiger partial charge in [-0.1, -0.05) is 26.0 Å². The lowest BCUT2D eigenvalue weighted by Crippen LogP contribution is -2.22. The van der Waals surface area contributed by atoms with Gasteiger partial charge in [0.2, 0.25) is 0 Å². The van der Waals surface area contributed by atoms with Crippen LogP contribution in [0.15, 0.2) is 24.3 Å².